The smallest absolute Gasteiger partial charge is 0.159 e. The molecule has 6 aromatic rings. The Morgan fingerprint density at radius 2 is 1.76 bits per heavy atom. The van der Waals surface area contributed by atoms with Crippen LogP contribution in [0.3, 0.4) is 0 Å². The maximum absolute atomic E-state index is 13.9. The summed E-state index contributed by atoms with van der Waals surface area (Å²) in [6.45, 7) is 0. The SMILES string of the molecule is Fc1cccc(-c2cccc3[nH]c(-c4n[nH]c5cnc(-c6cncc(OC7CCCCC7)c6)cc45)nc23)c1. The molecule has 0 bridgehead atoms. The van der Waals surface area contributed by atoms with Gasteiger partial charge in [0.05, 0.1) is 40.7 Å². The van der Waals surface area contributed by atoms with Gasteiger partial charge in [0.1, 0.15) is 17.3 Å². The maximum atomic E-state index is 13.9. The first-order valence-electron chi connectivity index (χ1n) is 12.9. The molecule has 1 saturated carbocycles. The van der Waals surface area contributed by atoms with E-state index in [1.165, 1.54) is 31.4 Å². The van der Waals surface area contributed by atoms with E-state index in [1.807, 2.05) is 36.4 Å². The van der Waals surface area contributed by atoms with E-state index >= 15 is 0 Å². The molecule has 0 radical (unpaired) electrons. The Kier molecular flexibility index (Phi) is 5.57. The molecule has 1 fully saturated rings. The van der Waals surface area contributed by atoms with Gasteiger partial charge in [0.15, 0.2) is 5.82 Å². The minimum absolute atomic E-state index is 0.252. The van der Waals surface area contributed by atoms with Gasteiger partial charge in [-0.2, -0.15) is 5.10 Å². The molecule has 0 amide bonds. The first-order valence-corrected chi connectivity index (χ1v) is 12.9. The molecular weight excluding hydrogens is 479 g/mol. The number of hydrogen-bond acceptors (Lipinski definition) is 5. The number of aromatic nitrogens is 6. The van der Waals surface area contributed by atoms with Crippen molar-refractivity contribution in [2.24, 2.45) is 0 Å². The number of para-hydroxylation sites is 1. The van der Waals surface area contributed by atoms with E-state index in [9.17, 15) is 4.39 Å². The molecule has 188 valence electrons. The lowest BCUT2D eigenvalue weighted by molar-refractivity contribution is 0.154. The summed E-state index contributed by atoms with van der Waals surface area (Å²) in [5.74, 6) is 1.11. The van der Waals surface area contributed by atoms with Crippen LogP contribution in [-0.4, -0.2) is 36.2 Å². The number of hydrogen-bond donors (Lipinski definition) is 2. The minimum Gasteiger partial charge on any atom is -0.489 e. The molecule has 7 rings (SSSR count). The summed E-state index contributed by atoms with van der Waals surface area (Å²) in [6, 6.07) is 16.4. The minimum atomic E-state index is -0.281. The van der Waals surface area contributed by atoms with Crippen LogP contribution in [-0.2, 0) is 0 Å². The van der Waals surface area contributed by atoms with Crippen molar-refractivity contribution in [1.29, 1.82) is 0 Å². The van der Waals surface area contributed by atoms with E-state index in [4.69, 9.17) is 9.72 Å². The van der Waals surface area contributed by atoms with Crippen LogP contribution in [0.25, 0.3) is 55.8 Å². The van der Waals surface area contributed by atoms with Crippen LogP contribution in [0.5, 0.6) is 5.75 Å². The molecule has 7 nitrogen and oxygen atoms in total. The first-order chi connectivity index (χ1) is 18.7. The van der Waals surface area contributed by atoms with Crippen LogP contribution in [0.1, 0.15) is 32.1 Å². The lowest BCUT2D eigenvalue weighted by Crippen LogP contribution is -2.19. The van der Waals surface area contributed by atoms with E-state index in [1.54, 1.807) is 24.7 Å². The number of rotatable bonds is 5. The molecule has 1 aliphatic rings. The molecule has 4 heterocycles. The molecule has 0 atom stereocenters. The lowest BCUT2D eigenvalue weighted by atomic mass is 9.98. The molecule has 2 N–H and O–H groups in total. The summed E-state index contributed by atoms with van der Waals surface area (Å²) in [4.78, 5) is 17.3. The van der Waals surface area contributed by atoms with Crippen molar-refractivity contribution >= 4 is 21.9 Å². The topological polar surface area (TPSA) is 92.4 Å². The van der Waals surface area contributed by atoms with Crippen molar-refractivity contribution in [3.63, 3.8) is 0 Å². The van der Waals surface area contributed by atoms with E-state index in [-0.39, 0.29) is 11.9 Å². The normalized spacial score (nSPS) is 14.3. The Labute approximate surface area is 218 Å². The first kappa shape index (κ1) is 22.6. The van der Waals surface area contributed by atoms with Crippen molar-refractivity contribution in [1.82, 2.24) is 30.1 Å². The number of ether oxygens (including phenoxy) is 1. The van der Waals surface area contributed by atoms with Gasteiger partial charge in [-0.3, -0.25) is 15.1 Å². The van der Waals surface area contributed by atoms with Crippen molar-refractivity contribution in [3.05, 3.63) is 79.0 Å². The van der Waals surface area contributed by atoms with E-state index in [0.717, 1.165) is 62.9 Å². The zero-order valence-electron chi connectivity index (χ0n) is 20.6. The zero-order chi connectivity index (χ0) is 25.5. The van der Waals surface area contributed by atoms with Crippen LogP contribution in [0, 0.1) is 5.82 Å². The zero-order valence-corrected chi connectivity index (χ0v) is 20.6. The van der Waals surface area contributed by atoms with Crippen LogP contribution in [0.15, 0.2) is 73.2 Å². The van der Waals surface area contributed by atoms with Gasteiger partial charge in [-0.15, -0.1) is 0 Å². The summed E-state index contributed by atoms with van der Waals surface area (Å²) >= 11 is 0. The molecule has 2 aromatic carbocycles. The van der Waals surface area contributed by atoms with Gasteiger partial charge in [0.25, 0.3) is 0 Å². The maximum Gasteiger partial charge on any atom is 0.159 e. The number of fused-ring (bicyclic) bond motifs is 2. The summed E-state index contributed by atoms with van der Waals surface area (Å²) in [7, 11) is 0. The third kappa shape index (κ3) is 4.18. The summed E-state index contributed by atoms with van der Waals surface area (Å²) in [5, 5.41) is 8.50. The number of H-pyrrole nitrogens is 2. The molecule has 38 heavy (non-hydrogen) atoms. The van der Waals surface area contributed by atoms with Crippen LogP contribution in [0.2, 0.25) is 0 Å². The summed E-state index contributed by atoms with van der Waals surface area (Å²) < 4.78 is 20.1. The number of nitrogens with one attached hydrogen (secondary N) is 2. The Morgan fingerprint density at radius 1 is 0.868 bits per heavy atom. The van der Waals surface area contributed by atoms with E-state index in [0.29, 0.717) is 11.5 Å². The Bertz CT molecular complexity index is 1770. The Morgan fingerprint density at radius 3 is 2.66 bits per heavy atom. The average Bonchev–Trinajstić information content (AvgIpc) is 3.57. The van der Waals surface area contributed by atoms with Gasteiger partial charge in [-0.1, -0.05) is 30.7 Å². The third-order valence-corrected chi connectivity index (χ3v) is 7.18. The van der Waals surface area contributed by atoms with Crippen LogP contribution in [0.4, 0.5) is 4.39 Å². The van der Waals surface area contributed by atoms with Crippen molar-refractivity contribution in [3.8, 4) is 39.7 Å². The fourth-order valence-corrected chi connectivity index (χ4v) is 5.29. The lowest BCUT2D eigenvalue weighted by Gasteiger charge is -2.22. The van der Waals surface area contributed by atoms with Gasteiger partial charge < -0.3 is 9.72 Å². The molecule has 0 spiro atoms. The second-order valence-corrected chi connectivity index (χ2v) is 9.77. The highest BCUT2D eigenvalue weighted by Crippen LogP contribution is 2.33. The van der Waals surface area contributed by atoms with Gasteiger partial charge in [-0.05, 0) is 61.6 Å². The number of aromatic amines is 2. The van der Waals surface area contributed by atoms with Crippen molar-refractivity contribution < 1.29 is 9.13 Å². The largest absolute Gasteiger partial charge is 0.489 e. The highest BCUT2D eigenvalue weighted by atomic mass is 19.1. The fraction of sp³-hybridized carbons (Fsp3) is 0.200. The van der Waals surface area contributed by atoms with Crippen LogP contribution < -0.4 is 4.74 Å². The second-order valence-electron chi connectivity index (χ2n) is 9.77. The van der Waals surface area contributed by atoms with Gasteiger partial charge in [-0.25, -0.2) is 9.37 Å². The molecule has 1 aliphatic carbocycles. The average molecular weight is 505 g/mol. The van der Waals surface area contributed by atoms with E-state index in [2.05, 4.69) is 25.1 Å². The quantitative estimate of drug-likeness (QED) is 0.262. The highest BCUT2D eigenvalue weighted by Gasteiger charge is 2.18. The number of halogens is 1. The van der Waals surface area contributed by atoms with Gasteiger partial charge >= 0.3 is 0 Å². The fourth-order valence-electron chi connectivity index (χ4n) is 5.29. The molecule has 8 heteroatoms. The molecular formula is C30H25FN6O. The predicted molar refractivity (Wildman–Crippen MR) is 145 cm³/mol. The Balaban J connectivity index is 1.26. The summed E-state index contributed by atoms with van der Waals surface area (Å²) in [6.07, 6.45) is 11.5. The molecule has 0 saturated heterocycles. The monoisotopic (exact) mass is 504 g/mol. The van der Waals surface area contributed by atoms with Crippen LogP contribution >= 0.6 is 0 Å². The number of pyridine rings is 2. The number of imidazole rings is 1. The second kappa shape index (κ2) is 9.37. The summed E-state index contributed by atoms with van der Waals surface area (Å²) in [5.41, 5.74) is 6.38. The van der Waals surface area contributed by atoms with Gasteiger partial charge in [0, 0.05) is 22.7 Å². The van der Waals surface area contributed by atoms with Crippen molar-refractivity contribution in [2.75, 3.05) is 0 Å². The Hall–Kier alpha value is -4.59. The van der Waals surface area contributed by atoms with Crippen molar-refractivity contribution in [2.45, 2.75) is 38.2 Å². The molecule has 0 unspecified atom stereocenters. The standard InChI is InChI=1S/C30H25FN6O/c31-20-7-4-6-18(12-20)23-10-5-11-25-28(23)35-30(34-25)29-24-14-26(33-17-27(24)36-37-29)19-13-22(16-32-15-19)38-21-8-2-1-3-9-21/h4-7,10-17,21H,1-3,8-9H2,(H,34,35)(H,36,37). The van der Waals surface area contributed by atoms with Gasteiger partial charge in [0.2, 0.25) is 0 Å². The number of benzene rings is 2. The highest BCUT2D eigenvalue weighted by molar-refractivity contribution is 5.97. The van der Waals surface area contributed by atoms with E-state index < -0.39 is 0 Å². The predicted octanol–water partition coefficient (Wildman–Crippen LogP) is 7.08. The third-order valence-electron chi connectivity index (χ3n) is 7.18. The molecule has 0 aliphatic heterocycles. The molecule has 4 aromatic heterocycles. The number of nitrogens with zero attached hydrogens (tertiary/aromatic N) is 4.